The number of aromatic nitrogens is 3. The molecular formula is C13H11ClN4O2S. The Morgan fingerprint density at radius 1 is 1.19 bits per heavy atom. The summed E-state index contributed by atoms with van der Waals surface area (Å²) >= 11 is 5.67. The maximum Gasteiger partial charge on any atom is 0.263 e. The molecule has 0 fully saturated rings. The Balaban J connectivity index is 2.05. The number of nitrogens with zero attached hydrogens (tertiary/aromatic N) is 3. The summed E-state index contributed by atoms with van der Waals surface area (Å²) in [5.41, 5.74) is 1.17. The second-order valence-corrected chi connectivity index (χ2v) is 6.50. The molecule has 1 N–H and O–H groups in total. The maximum atomic E-state index is 12.4. The van der Waals surface area contributed by atoms with E-state index >= 15 is 0 Å². The summed E-state index contributed by atoms with van der Waals surface area (Å²) in [6.07, 6.45) is 2.89. The number of halogens is 1. The van der Waals surface area contributed by atoms with Crippen molar-refractivity contribution in [1.82, 2.24) is 14.8 Å². The van der Waals surface area contributed by atoms with E-state index in [1.807, 2.05) is 6.07 Å². The van der Waals surface area contributed by atoms with Gasteiger partial charge in [-0.25, -0.2) is 13.4 Å². The lowest BCUT2D eigenvalue weighted by molar-refractivity contribution is 0.601. The topological polar surface area (TPSA) is 76.9 Å². The van der Waals surface area contributed by atoms with E-state index in [1.54, 1.807) is 30.1 Å². The number of nitrogens with one attached hydrogen (secondary N) is 1. The fourth-order valence-electron chi connectivity index (χ4n) is 2.04. The molecule has 3 aromatic rings. The Kier molecular flexibility index (Phi) is 3.30. The minimum absolute atomic E-state index is 0.0473. The fraction of sp³-hybridized carbons (Fsp3) is 0.0769. The highest BCUT2D eigenvalue weighted by molar-refractivity contribution is 7.92. The van der Waals surface area contributed by atoms with Gasteiger partial charge in [-0.15, -0.1) is 0 Å². The van der Waals surface area contributed by atoms with Crippen LogP contribution >= 0.6 is 11.6 Å². The lowest BCUT2D eigenvalue weighted by atomic mass is 10.2. The van der Waals surface area contributed by atoms with Gasteiger partial charge in [0.25, 0.3) is 10.0 Å². The quantitative estimate of drug-likeness (QED) is 0.751. The number of anilines is 1. The van der Waals surface area contributed by atoms with Crippen LogP contribution in [-0.4, -0.2) is 23.2 Å². The standard InChI is InChI=1S/C13H11ClN4O2S/c1-18-13-9(7-16-18)3-2-4-11(13)17-21(19,20)10-5-6-12(14)15-8-10/h2-8,17H,1H3. The summed E-state index contributed by atoms with van der Waals surface area (Å²) in [4.78, 5) is 3.83. The third kappa shape index (κ3) is 2.57. The highest BCUT2D eigenvalue weighted by Gasteiger charge is 2.17. The lowest BCUT2D eigenvalue weighted by Crippen LogP contribution is -2.14. The minimum Gasteiger partial charge on any atom is -0.277 e. The molecule has 108 valence electrons. The van der Waals surface area contributed by atoms with Crippen LogP contribution in [0.3, 0.4) is 0 Å². The first-order valence-electron chi connectivity index (χ1n) is 6.02. The monoisotopic (exact) mass is 322 g/mol. The Morgan fingerprint density at radius 3 is 2.71 bits per heavy atom. The predicted molar refractivity (Wildman–Crippen MR) is 80.8 cm³/mol. The van der Waals surface area contributed by atoms with Crippen molar-refractivity contribution in [2.45, 2.75) is 4.90 Å². The summed E-state index contributed by atoms with van der Waals surface area (Å²) in [7, 11) is -1.97. The molecular weight excluding hydrogens is 312 g/mol. The number of sulfonamides is 1. The number of hydrogen-bond acceptors (Lipinski definition) is 4. The van der Waals surface area contributed by atoms with E-state index < -0.39 is 10.0 Å². The van der Waals surface area contributed by atoms with Gasteiger partial charge in [-0.05, 0) is 18.2 Å². The Bertz CT molecular complexity index is 904. The van der Waals surface area contributed by atoms with Gasteiger partial charge in [0.2, 0.25) is 0 Å². The van der Waals surface area contributed by atoms with Gasteiger partial charge in [-0.2, -0.15) is 5.10 Å². The summed E-state index contributed by atoms with van der Waals surface area (Å²) in [6, 6.07) is 8.15. The molecule has 1 aromatic carbocycles. The van der Waals surface area contributed by atoms with Crippen LogP contribution in [0.15, 0.2) is 47.6 Å². The smallest absolute Gasteiger partial charge is 0.263 e. The summed E-state index contributed by atoms with van der Waals surface area (Å²) in [6.45, 7) is 0. The maximum absolute atomic E-state index is 12.4. The van der Waals surface area contributed by atoms with E-state index in [0.29, 0.717) is 11.2 Å². The Morgan fingerprint density at radius 2 is 2.00 bits per heavy atom. The molecule has 0 aliphatic heterocycles. The molecule has 0 unspecified atom stereocenters. The van der Waals surface area contributed by atoms with Crippen molar-refractivity contribution in [2.24, 2.45) is 7.05 Å². The zero-order valence-electron chi connectivity index (χ0n) is 11.0. The predicted octanol–water partition coefficient (Wildman–Crippen LogP) is 2.42. The summed E-state index contributed by atoms with van der Waals surface area (Å²) in [5, 5.41) is 5.22. The number of para-hydroxylation sites is 1. The van der Waals surface area contributed by atoms with E-state index in [0.717, 1.165) is 5.39 Å². The normalized spacial score (nSPS) is 11.7. The average molecular weight is 323 g/mol. The number of hydrogen-bond donors (Lipinski definition) is 1. The van der Waals surface area contributed by atoms with Crippen LogP contribution in [-0.2, 0) is 17.1 Å². The van der Waals surface area contributed by atoms with Crippen molar-refractivity contribution < 1.29 is 8.42 Å². The molecule has 0 aliphatic carbocycles. The van der Waals surface area contributed by atoms with Crippen LogP contribution < -0.4 is 4.72 Å². The third-order valence-electron chi connectivity index (χ3n) is 3.02. The van der Waals surface area contributed by atoms with E-state index in [2.05, 4.69) is 14.8 Å². The van der Waals surface area contributed by atoms with Crippen LogP contribution in [0.25, 0.3) is 10.9 Å². The van der Waals surface area contributed by atoms with Gasteiger partial charge in [-0.3, -0.25) is 9.40 Å². The molecule has 0 amide bonds. The molecule has 0 aliphatic rings. The molecule has 0 spiro atoms. The van der Waals surface area contributed by atoms with E-state index in [1.165, 1.54) is 18.3 Å². The van der Waals surface area contributed by atoms with Crippen molar-refractivity contribution >= 4 is 38.2 Å². The lowest BCUT2D eigenvalue weighted by Gasteiger charge is -2.09. The Hall–Kier alpha value is -2.12. The first kappa shape index (κ1) is 13.8. The number of pyridine rings is 1. The van der Waals surface area contributed by atoms with Gasteiger partial charge >= 0.3 is 0 Å². The second kappa shape index (κ2) is 5.01. The largest absolute Gasteiger partial charge is 0.277 e. The van der Waals surface area contributed by atoms with Crippen LogP contribution in [0, 0.1) is 0 Å². The molecule has 6 nitrogen and oxygen atoms in total. The zero-order valence-corrected chi connectivity index (χ0v) is 12.6. The van der Waals surface area contributed by atoms with Crippen LogP contribution in [0.5, 0.6) is 0 Å². The molecule has 2 heterocycles. The third-order valence-corrected chi connectivity index (χ3v) is 4.59. The number of fused-ring (bicyclic) bond motifs is 1. The molecule has 0 bridgehead atoms. The van der Waals surface area contributed by atoms with E-state index in [4.69, 9.17) is 11.6 Å². The van der Waals surface area contributed by atoms with E-state index in [9.17, 15) is 8.42 Å². The minimum atomic E-state index is -3.73. The van der Waals surface area contributed by atoms with Crippen LogP contribution in [0.1, 0.15) is 0 Å². The Labute approximate surface area is 126 Å². The van der Waals surface area contributed by atoms with Crippen LogP contribution in [0.2, 0.25) is 5.15 Å². The summed E-state index contributed by atoms with van der Waals surface area (Å²) in [5.74, 6) is 0. The van der Waals surface area contributed by atoms with Gasteiger partial charge < -0.3 is 0 Å². The van der Waals surface area contributed by atoms with E-state index in [-0.39, 0.29) is 10.0 Å². The number of benzene rings is 1. The molecule has 8 heteroatoms. The molecule has 0 saturated heterocycles. The van der Waals surface area contributed by atoms with Crippen molar-refractivity contribution in [3.63, 3.8) is 0 Å². The van der Waals surface area contributed by atoms with Gasteiger partial charge in [0.05, 0.1) is 17.4 Å². The van der Waals surface area contributed by atoms with Crippen molar-refractivity contribution in [3.8, 4) is 0 Å². The molecule has 2 aromatic heterocycles. The zero-order chi connectivity index (χ0) is 15.0. The second-order valence-electron chi connectivity index (χ2n) is 4.43. The van der Waals surface area contributed by atoms with Crippen molar-refractivity contribution in [1.29, 1.82) is 0 Å². The average Bonchev–Trinajstić information content (AvgIpc) is 2.82. The van der Waals surface area contributed by atoms with Gasteiger partial charge in [0.15, 0.2) is 0 Å². The highest BCUT2D eigenvalue weighted by atomic mass is 35.5. The number of rotatable bonds is 3. The SMILES string of the molecule is Cn1ncc2cccc(NS(=O)(=O)c3ccc(Cl)nc3)c21. The molecule has 3 rings (SSSR count). The van der Waals surface area contributed by atoms with Gasteiger partial charge in [0.1, 0.15) is 10.0 Å². The first-order valence-corrected chi connectivity index (χ1v) is 7.88. The van der Waals surface area contributed by atoms with Gasteiger partial charge in [0, 0.05) is 18.6 Å². The molecule has 21 heavy (non-hydrogen) atoms. The molecule has 0 saturated carbocycles. The first-order chi connectivity index (χ1) is 9.97. The molecule has 0 atom stereocenters. The van der Waals surface area contributed by atoms with Crippen molar-refractivity contribution in [3.05, 3.63) is 47.9 Å². The molecule has 0 radical (unpaired) electrons. The van der Waals surface area contributed by atoms with Gasteiger partial charge in [-0.1, -0.05) is 23.7 Å². The fourth-order valence-corrected chi connectivity index (χ4v) is 3.16. The van der Waals surface area contributed by atoms with Crippen LogP contribution in [0.4, 0.5) is 5.69 Å². The highest BCUT2D eigenvalue weighted by Crippen LogP contribution is 2.25. The number of aryl methyl sites for hydroxylation is 1. The van der Waals surface area contributed by atoms with Crippen molar-refractivity contribution in [2.75, 3.05) is 4.72 Å². The summed E-state index contributed by atoms with van der Waals surface area (Å²) < 4.78 is 28.9.